The monoisotopic (exact) mass is 442 g/mol. The molecular formula is C23H42O6Si. The van der Waals surface area contributed by atoms with Gasteiger partial charge in [-0.1, -0.05) is 33.8 Å². The molecule has 0 unspecified atom stereocenters. The SMILES string of the molecule is C=CC[C@]1(CO[Si](CC)(CC)CC)C(=O)C[C@H]2O[C@](C)(OC)[C@@](C)(OC)O[C@@H]2[C@H]1C. The van der Waals surface area contributed by atoms with Gasteiger partial charge in [0.1, 0.15) is 5.78 Å². The van der Waals surface area contributed by atoms with E-state index in [1.54, 1.807) is 21.1 Å². The lowest BCUT2D eigenvalue weighted by atomic mass is 9.62. The van der Waals surface area contributed by atoms with Gasteiger partial charge in [0.15, 0.2) is 8.32 Å². The molecule has 0 spiro atoms. The Morgan fingerprint density at radius 3 is 2.10 bits per heavy atom. The van der Waals surface area contributed by atoms with E-state index in [0.29, 0.717) is 13.0 Å². The molecule has 2 rings (SSSR count). The van der Waals surface area contributed by atoms with Gasteiger partial charge in [0.05, 0.1) is 17.6 Å². The number of rotatable bonds is 10. The van der Waals surface area contributed by atoms with Crippen molar-refractivity contribution in [3.8, 4) is 0 Å². The molecule has 1 saturated carbocycles. The summed E-state index contributed by atoms with van der Waals surface area (Å²) in [6.45, 7) is 16.7. The maximum absolute atomic E-state index is 13.6. The van der Waals surface area contributed by atoms with Crippen LogP contribution in [0.4, 0.5) is 0 Å². The number of Topliss-reactive ketones (excluding diaryl/α,β-unsaturated/α-hetero) is 1. The van der Waals surface area contributed by atoms with Crippen molar-refractivity contribution in [3.05, 3.63) is 12.7 Å². The van der Waals surface area contributed by atoms with Crippen LogP contribution in [0.3, 0.4) is 0 Å². The van der Waals surface area contributed by atoms with Gasteiger partial charge in [-0.25, -0.2) is 0 Å². The van der Waals surface area contributed by atoms with Crippen LogP contribution < -0.4 is 0 Å². The van der Waals surface area contributed by atoms with Gasteiger partial charge in [-0.05, 0) is 44.3 Å². The van der Waals surface area contributed by atoms with Crippen molar-refractivity contribution in [1.82, 2.24) is 0 Å². The van der Waals surface area contributed by atoms with E-state index in [9.17, 15) is 4.79 Å². The summed E-state index contributed by atoms with van der Waals surface area (Å²) in [6, 6.07) is 3.14. The van der Waals surface area contributed by atoms with E-state index in [-0.39, 0.29) is 30.3 Å². The van der Waals surface area contributed by atoms with Crippen LogP contribution in [0.25, 0.3) is 0 Å². The molecule has 2 fully saturated rings. The average molecular weight is 443 g/mol. The fraction of sp³-hybridized carbons (Fsp3) is 0.870. The summed E-state index contributed by atoms with van der Waals surface area (Å²) in [5, 5.41) is 0. The molecule has 1 saturated heterocycles. The summed E-state index contributed by atoms with van der Waals surface area (Å²) in [4.78, 5) is 13.6. The lowest BCUT2D eigenvalue weighted by molar-refractivity contribution is -0.456. The standard InChI is InChI=1S/C23H42O6Si/c1-10-14-23(16-27-30(11-2,12-3)13-4)17(5)20-18(15-19(23)24)28-21(6,25-8)22(7,26-9)29-20/h10,17-18,20H,1,11-16H2,2-9H3/t17-,18-,20-,21+,22+,23-/m1/s1. The van der Waals surface area contributed by atoms with Crippen LogP contribution in [0.1, 0.15) is 54.4 Å². The highest BCUT2D eigenvalue weighted by molar-refractivity contribution is 6.73. The third-order valence-electron chi connectivity index (χ3n) is 8.09. The topological polar surface area (TPSA) is 63.2 Å². The van der Waals surface area contributed by atoms with Crippen molar-refractivity contribution in [2.45, 2.75) is 96.3 Å². The van der Waals surface area contributed by atoms with Crippen LogP contribution in [-0.2, 0) is 28.2 Å². The van der Waals surface area contributed by atoms with Crippen molar-refractivity contribution in [3.63, 3.8) is 0 Å². The molecule has 1 aliphatic heterocycles. The predicted octanol–water partition coefficient (Wildman–Crippen LogP) is 4.69. The van der Waals surface area contributed by atoms with Gasteiger partial charge in [-0.2, -0.15) is 0 Å². The summed E-state index contributed by atoms with van der Waals surface area (Å²) in [7, 11) is 1.30. The Labute approximate surface area is 183 Å². The highest BCUT2D eigenvalue weighted by Gasteiger charge is 2.63. The summed E-state index contributed by atoms with van der Waals surface area (Å²) >= 11 is 0. The summed E-state index contributed by atoms with van der Waals surface area (Å²) in [6.07, 6.45) is 1.98. The number of allylic oxidation sites excluding steroid dienone is 1. The summed E-state index contributed by atoms with van der Waals surface area (Å²) in [5.74, 6) is -2.15. The Balaban J connectivity index is 2.39. The first-order valence-electron chi connectivity index (χ1n) is 11.3. The van der Waals surface area contributed by atoms with E-state index in [1.807, 2.05) is 13.0 Å². The number of methoxy groups -OCH3 is 2. The zero-order chi connectivity index (χ0) is 22.8. The Hall–Kier alpha value is -0.573. The van der Waals surface area contributed by atoms with Gasteiger partial charge >= 0.3 is 0 Å². The van der Waals surface area contributed by atoms with Crippen molar-refractivity contribution in [2.75, 3.05) is 20.8 Å². The van der Waals surface area contributed by atoms with Crippen LogP contribution in [0.2, 0.25) is 18.1 Å². The minimum atomic E-state index is -1.85. The number of carbonyl (C=O) groups is 1. The average Bonchev–Trinajstić information content (AvgIpc) is 2.75. The zero-order valence-electron chi connectivity index (χ0n) is 20.2. The number of hydrogen-bond acceptors (Lipinski definition) is 6. The molecule has 30 heavy (non-hydrogen) atoms. The first-order valence-corrected chi connectivity index (χ1v) is 13.8. The molecule has 1 aliphatic carbocycles. The minimum Gasteiger partial charge on any atom is -0.416 e. The van der Waals surface area contributed by atoms with E-state index >= 15 is 0 Å². The fourth-order valence-corrected chi connectivity index (χ4v) is 7.75. The Morgan fingerprint density at radius 2 is 1.63 bits per heavy atom. The maximum Gasteiger partial charge on any atom is 0.220 e. The fourth-order valence-electron chi connectivity index (χ4n) is 5.08. The quantitative estimate of drug-likeness (QED) is 0.361. The molecule has 174 valence electrons. The first kappa shape index (κ1) is 25.7. The lowest BCUT2D eigenvalue weighted by Crippen LogP contribution is -2.70. The minimum absolute atomic E-state index is 0.116. The Morgan fingerprint density at radius 1 is 1.10 bits per heavy atom. The smallest absolute Gasteiger partial charge is 0.220 e. The third kappa shape index (κ3) is 4.09. The van der Waals surface area contributed by atoms with Crippen LogP contribution >= 0.6 is 0 Å². The molecule has 0 aromatic carbocycles. The lowest BCUT2D eigenvalue weighted by Gasteiger charge is -2.58. The van der Waals surface area contributed by atoms with E-state index < -0.39 is 25.3 Å². The maximum atomic E-state index is 13.6. The Bertz CT molecular complexity index is 615. The van der Waals surface area contributed by atoms with Gasteiger partial charge in [0, 0.05) is 27.2 Å². The van der Waals surface area contributed by atoms with E-state index in [1.165, 1.54) is 0 Å². The highest BCUT2D eigenvalue weighted by atomic mass is 28.4. The van der Waals surface area contributed by atoms with Gasteiger partial charge in [-0.3, -0.25) is 4.79 Å². The number of carbonyl (C=O) groups excluding carboxylic acids is 1. The molecule has 0 radical (unpaired) electrons. The van der Waals surface area contributed by atoms with Crippen LogP contribution in [0.5, 0.6) is 0 Å². The summed E-state index contributed by atoms with van der Waals surface area (Å²) < 4.78 is 30.8. The van der Waals surface area contributed by atoms with Gasteiger partial charge < -0.3 is 23.4 Å². The predicted molar refractivity (Wildman–Crippen MR) is 120 cm³/mol. The van der Waals surface area contributed by atoms with Crippen molar-refractivity contribution >= 4 is 14.1 Å². The molecule has 6 nitrogen and oxygen atoms in total. The van der Waals surface area contributed by atoms with Gasteiger partial charge in [-0.15, -0.1) is 6.58 Å². The first-order chi connectivity index (χ1) is 14.1. The van der Waals surface area contributed by atoms with Crippen molar-refractivity contribution in [1.29, 1.82) is 0 Å². The third-order valence-corrected chi connectivity index (χ3v) is 12.7. The van der Waals surface area contributed by atoms with Crippen molar-refractivity contribution < 1.29 is 28.2 Å². The van der Waals surface area contributed by atoms with E-state index in [4.69, 9.17) is 23.4 Å². The molecule has 0 aromatic heterocycles. The molecule has 0 N–H and O–H groups in total. The molecule has 6 atom stereocenters. The number of ketones is 1. The summed E-state index contributed by atoms with van der Waals surface area (Å²) in [5.41, 5.74) is -0.667. The largest absolute Gasteiger partial charge is 0.416 e. The Kier molecular flexibility index (Phi) is 8.14. The number of fused-ring (bicyclic) bond motifs is 1. The van der Waals surface area contributed by atoms with Gasteiger partial charge in [0.2, 0.25) is 11.6 Å². The number of hydrogen-bond donors (Lipinski definition) is 0. The van der Waals surface area contributed by atoms with E-state index in [2.05, 4.69) is 34.3 Å². The second kappa shape index (κ2) is 9.51. The van der Waals surface area contributed by atoms with Crippen LogP contribution in [-0.4, -0.2) is 58.7 Å². The molecule has 0 aromatic rings. The molecule has 1 heterocycles. The molecule has 0 bridgehead atoms. The highest BCUT2D eigenvalue weighted by Crippen LogP contribution is 2.51. The van der Waals surface area contributed by atoms with Crippen LogP contribution in [0, 0.1) is 11.3 Å². The van der Waals surface area contributed by atoms with Crippen LogP contribution in [0.15, 0.2) is 12.7 Å². The second-order valence-electron chi connectivity index (χ2n) is 9.14. The molecular weight excluding hydrogens is 400 g/mol. The zero-order valence-corrected chi connectivity index (χ0v) is 21.2. The normalized spacial score (nSPS) is 39.6. The van der Waals surface area contributed by atoms with E-state index in [0.717, 1.165) is 18.1 Å². The van der Waals surface area contributed by atoms with Gasteiger partial charge in [0.25, 0.3) is 0 Å². The molecule has 7 heteroatoms. The molecule has 0 amide bonds. The second-order valence-corrected chi connectivity index (χ2v) is 13.9. The van der Waals surface area contributed by atoms with Crippen molar-refractivity contribution in [2.24, 2.45) is 11.3 Å². The number of ether oxygens (including phenoxy) is 4. The molecule has 2 aliphatic rings.